The van der Waals surface area contributed by atoms with Crippen LogP contribution in [-0.2, 0) is 0 Å². The molecule has 1 amide bonds. The van der Waals surface area contributed by atoms with Gasteiger partial charge in [0, 0.05) is 18.8 Å². The molecular weight excluding hydrogens is 271 g/mol. The van der Waals surface area contributed by atoms with Crippen LogP contribution >= 0.6 is 0 Å². The van der Waals surface area contributed by atoms with Gasteiger partial charge in [0.25, 0.3) is 5.91 Å². The number of hydrogen-bond donors (Lipinski definition) is 1. The quantitative estimate of drug-likeness (QED) is 0.919. The highest BCUT2D eigenvalue weighted by Crippen LogP contribution is 2.12. The lowest BCUT2D eigenvalue weighted by molar-refractivity contribution is 0.102. The SMILES string of the molecule is CCN(CC)c1ccc(C(=O)Nc2ccc(F)cc2)nn1. The Morgan fingerprint density at radius 2 is 1.76 bits per heavy atom. The van der Waals surface area contributed by atoms with Gasteiger partial charge in [-0.25, -0.2) is 4.39 Å². The van der Waals surface area contributed by atoms with Crippen LogP contribution in [0.5, 0.6) is 0 Å². The molecule has 0 spiro atoms. The molecule has 0 saturated carbocycles. The third-order valence-electron chi connectivity index (χ3n) is 3.07. The zero-order valence-corrected chi connectivity index (χ0v) is 12.0. The molecule has 0 aliphatic heterocycles. The van der Waals surface area contributed by atoms with Gasteiger partial charge in [0.15, 0.2) is 11.5 Å². The number of carbonyl (C=O) groups excluding carboxylic acids is 1. The summed E-state index contributed by atoms with van der Waals surface area (Å²) in [4.78, 5) is 14.0. The van der Waals surface area contributed by atoms with E-state index in [2.05, 4.69) is 15.5 Å². The Kier molecular flexibility index (Phi) is 4.81. The van der Waals surface area contributed by atoms with Crippen LogP contribution in [-0.4, -0.2) is 29.2 Å². The molecule has 0 saturated heterocycles. The minimum absolute atomic E-state index is 0.218. The average molecular weight is 288 g/mol. The predicted molar refractivity (Wildman–Crippen MR) is 79.9 cm³/mol. The molecule has 0 bridgehead atoms. The first kappa shape index (κ1) is 14.9. The zero-order chi connectivity index (χ0) is 15.2. The summed E-state index contributed by atoms with van der Waals surface area (Å²) in [5.41, 5.74) is 0.728. The highest BCUT2D eigenvalue weighted by atomic mass is 19.1. The molecule has 6 heteroatoms. The molecular formula is C15H17FN4O. The lowest BCUT2D eigenvalue weighted by atomic mass is 10.3. The van der Waals surface area contributed by atoms with E-state index in [0.717, 1.165) is 18.9 Å². The summed E-state index contributed by atoms with van der Waals surface area (Å²) in [5.74, 6) is 0.00917. The molecule has 0 unspecified atom stereocenters. The van der Waals surface area contributed by atoms with Crippen LogP contribution in [0.3, 0.4) is 0 Å². The number of carbonyl (C=O) groups is 1. The van der Waals surface area contributed by atoms with Crippen molar-refractivity contribution in [3.05, 3.63) is 47.9 Å². The normalized spacial score (nSPS) is 10.2. The molecule has 1 N–H and O–H groups in total. The molecule has 0 aliphatic rings. The van der Waals surface area contributed by atoms with Crippen molar-refractivity contribution < 1.29 is 9.18 Å². The molecule has 1 aromatic heterocycles. The molecule has 1 aromatic carbocycles. The van der Waals surface area contributed by atoms with Gasteiger partial charge in [-0.1, -0.05) is 0 Å². The van der Waals surface area contributed by atoms with E-state index in [4.69, 9.17) is 0 Å². The van der Waals surface area contributed by atoms with Crippen molar-refractivity contribution in [1.82, 2.24) is 10.2 Å². The first-order chi connectivity index (χ1) is 10.1. The number of hydrogen-bond acceptors (Lipinski definition) is 4. The lowest BCUT2D eigenvalue weighted by Crippen LogP contribution is -2.24. The molecule has 0 fully saturated rings. The van der Waals surface area contributed by atoms with Crippen molar-refractivity contribution in [2.45, 2.75) is 13.8 Å². The van der Waals surface area contributed by atoms with E-state index in [1.165, 1.54) is 24.3 Å². The van der Waals surface area contributed by atoms with Gasteiger partial charge in [0.2, 0.25) is 0 Å². The minimum Gasteiger partial charge on any atom is -0.356 e. The summed E-state index contributed by atoms with van der Waals surface area (Å²) < 4.78 is 12.8. The number of benzene rings is 1. The average Bonchev–Trinajstić information content (AvgIpc) is 2.51. The first-order valence-corrected chi connectivity index (χ1v) is 6.79. The molecule has 21 heavy (non-hydrogen) atoms. The van der Waals surface area contributed by atoms with Crippen LogP contribution in [0.25, 0.3) is 0 Å². The Morgan fingerprint density at radius 3 is 2.29 bits per heavy atom. The second-order valence-corrected chi connectivity index (χ2v) is 4.41. The number of nitrogens with zero attached hydrogens (tertiary/aromatic N) is 3. The third kappa shape index (κ3) is 3.75. The van der Waals surface area contributed by atoms with Crippen LogP contribution in [0.4, 0.5) is 15.9 Å². The van der Waals surface area contributed by atoms with Crippen molar-refractivity contribution >= 4 is 17.4 Å². The van der Waals surface area contributed by atoms with Gasteiger partial charge in [0.1, 0.15) is 5.82 Å². The summed E-state index contributed by atoms with van der Waals surface area (Å²) in [6, 6.07) is 8.93. The smallest absolute Gasteiger partial charge is 0.276 e. The van der Waals surface area contributed by atoms with Crippen LogP contribution in [0, 0.1) is 5.82 Å². The summed E-state index contributed by atoms with van der Waals surface area (Å²) >= 11 is 0. The fourth-order valence-corrected chi connectivity index (χ4v) is 1.89. The first-order valence-electron chi connectivity index (χ1n) is 6.79. The van der Waals surface area contributed by atoms with Gasteiger partial charge in [-0.2, -0.15) is 0 Å². The van der Waals surface area contributed by atoms with Crippen molar-refractivity contribution in [2.75, 3.05) is 23.3 Å². The number of aromatic nitrogens is 2. The minimum atomic E-state index is -0.375. The molecule has 2 rings (SSSR count). The van der Waals surface area contributed by atoms with E-state index >= 15 is 0 Å². The van der Waals surface area contributed by atoms with Gasteiger partial charge in [0.05, 0.1) is 0 Å². The summed E-state index contributed by atoms with van der Waals surface area (Å²) in [6.45, 7) is 5.71. The van der Waals surface area contributed by atoms with Crippen molar-refractivity contribution in [1.29, 1.82) is 0 Å². The highest BCUT2D eigenvalue weighted by Gasteiger charge is 2.10. The standard InChI is InChI=1S/C15H17FN4O/c1-3-20(4-2)14-10-9-13(18-19-14)15(21)17-12-7-5-11(16)6-8-12/h5-10H,3-4H2,1-2H3,(H,17,21). The summed E-state index contributed by atoms with van der Waals surface area (Å²) in [5, 5.41) is 10.6. The second kappa shape index (κ2) is 6.78. The van der Waals surface area contributed by atoms with Crippen molar-refractivity contribution in [3.63, 3.8) is 0 Å². The fraction of sp³-hybridized carbons (Fsp3) is 0.267. The Hall–Kier alpha value is -2.50. The monoisotopic (exact) mass is 288 g/mol. The van der Waals surface area contributed by atoms with E-state index in [9.17, 15) is 9.18 Å². The molecule has 2 aromatic rings. The maximum Gasteiger partial charge on any atom is 0.276 e. The highest BCUT2D eigenvalue weighted by molar-refractivity contribution is 6.02. The Labute approximate surface area is 122 Å². The van der Waals surface area contributed by atoms with Gasteiger partial charge < -0.3 is 10.2 Å². The second-order valence-electron chi connectivity index (χ2n) is 4.41. The number of anilines is 2. The van der Waals surface area contributed by atoms with Crippen LogP contribution in [0.15, 0.2) is 36.4 Å². The number of amides is 1. The Morgan fingerprint density at radius 1 is 1.10 bits per heavy atom. The number of rotatable bonds is 5. The fourth-order valence-electron chi connectivity index (χ4n) is 1.89. The molecule has 5 nitrogen and oxygen atoms in total. The van der Waals surface area contributed by atoms with Gasteiger partial charge in [-0.15, -0.1) is 10.2 Å². The summed E-state index contributed by atoms with van der Waals surface area (Å²) in [7, 11) is 0. The molecule has 1 heterocycles. The van der Waals surface area contributed by atoms with Crippen molar-refractivity contribution in [3.8, 4) is 0 Å². The topological polar surface area (TPSA) is 58.1 Å². The van der Waals surface area contributed by atoms with Gasteiger partial charge >= 0.3 is 0 Å². The number of nitrogens with one attached hydrogen (secondary N) is 1. The molecule has 0 aliphatic carbocycles. The zero-order valence-electron chi connectivity index (χ0n) is 12.0. The Balaban J connectivity index is 2.07. The molecule has 0 radical (unpaired) electrons. The molecule has 110 valence electrons. The van der Waals surface area contributed by atoms with E-state index in [1.54, 1.807) is 12.1 Å². The number of halogens is 1. The third-order valence-corrected chi connectivity index (χ3v) is 3.07. The maximum absolute atomic E-state index is 12.8. The lowest BCUT2D eigenvalue weighted by Gasteiger charge is -2.18. The van der Waals surface area contributed by atoms with Crippen molar-refractivity contribution in [2.24, 2.45) is 0 Å². The van der Waals surface area contributed by atoms with E-state index in [-0.39, 0.29) is 17.4 Å². The van der Waals surface area contributed by atoms with Crippen LogP contribution in [0.1, 0.15) is 24.3 Å². The van der Waals surface area contributed by atoms with E-state index in [0.29, 0.717) is 5.69 Å². The van der Waals surface area contributed by atoms with E-state index < -0.39 is 0 Å². The van der Waals surface area contributed by atoms with Crippen LogP contribution < -0.4 is 10.2 Å². The van der Waals surface area contributed by atoms with Gasteiger partial charge in [-0.3, -0.25) is 4.79 Å². The van der Waals surface area contributed by atoms with Gasteiger partial charge in [-0.05, 0) is 50.2 Å². The largest absolute Gasteiger partial charge is 0.356 e. The molecule has 0 atom stereocenters. The predicted octanol–water partition coefficient (Wildman–Crippen LogP) is 2.71. The maximum atomic E-state index is 12.8. The summed E-state index contributed by atoms with van der Waals surface area (Å²) in [6.07, 6.45) is 0. The van der Waals surface area contributed by atoms with Crippen LogP contribution in [0.2, 0.25) is 0 Å². The van der Waals surface area contributed by atoms with E-state index in [1.807, 2.05) is 18.7 Å². The Bertz CT molecular complexity index is 594.